The molecule has 9 nitrogen and oxygen atoms in total. The number of fused-ring (bicyclic) bond motifs is 1. The molecule has 1 aliphatic heterocycles. The molecule has 4 rings (SSSR count). The molecule has 0 unspecified atom stereocenters. The van der Waals surface area contributed by atoms with Gasteiger partial charge in [0.1, 0.15) is 11.6 Å². The fraction of sp³-hybridized carbons (Fsp3) is 0.292. The van der Waals surface area contributed by atoms with Crippen molar-refractivity contribution in [2.24, 2.45) is 0 Å². The van der Waals surface area contributed by atoms with E-state index in [0.29, 0.717) is 17.3 Å². The first-order valence-corrected chi connectivity index (χ1v) is 12.2. The van der Waals surface area contributed by atoms with E-state index < -0.39 is 28.3 Å². The molecule has 0 atom stereocenters. The maximum Gasteiger partial charge on any atom is 0.243 e. The van der Waals surface area contributed by atoms with E-state index in [9.17, 15) is 17.6 Å². The van der Waals surface area contributed by atoms with Crippen LogP contribution in [0.1, 0.15) is 11.3 Å². The van der Waals surface area contributed by atoms with Crippen LogP contribution in [0, 0.1) is 5.82 Å². The first-order valence-electron chi connectivity index (χ1n) is 10.8. The molecule has 1 aromatic heterocycles. The maximum absolute atomic E-state index is 13.4. The Kier molecular flexibility index (Phi) is 7.69. The van der Waals surface area contributed by atoms with Crippen LogP contribution in [-0.4, -0.2) is 57.1 Å². The summed E-state index contributed by atoms with van der Waals surface area (Å²) in [7, 11) is -2.64. The van der Waals surface area contributed by atoms with Gasteiger partial charge in [-0.25, -0.2) is 12.8 Å². The van der Waals surface area contributed by atoms with Gasteiger partial charge in [-0.15, -0.1) is 0 Å². The summed E-state index contributed by atoms with van der Waals surface area (Å²) in [5.41, 5.74) is 0.777. The average molecular weight is 505 g/mol. The Hall–Kier alpha value is -3.41. The van der Waals surface area contributed by atoms with E-state index in [-0.39, 0.29) is 37.9 Å². The summed E-state index contributed by atoms with van der Waals surface area (Å²) in [6.07, 6.45) is 1.50. The molecule has 186 valence electrons. The average Bonchev–Trinajstić information content (AvgIpc) is 3.53. The lowest BCUT2D eigenvalue weighted by Crippen LogP contribution is -2.43. The number of amides is 1. The maximum atomic E-state index is 13.4. The Morgan fingerprint density at radius 1 is 1.06 bits per heavy atom. The normalized spacial score (nSPS) is 12.8. The number of hydrogen-bond donors (Lipinski definition) is 0. The van der Waals surface area contributed by atoms with Crippen LogP contribution in [0.2, 0.25) is 0 Å². The summed E-state index contributed by atoms with van der Waals surface area (Å²) < 4.78 is 62.1. The zero-order valence-electron chi connectivity index (χ0n) is 19.1. The van der Waals surface area contributed by atoms with E-state index in [1.807, 2.05) is 6.07 Å². The summed E-state index contributed by atoms with van der Waals surface area (Å²) in [5, 5.41) is 0. The molecule has 0 N–H and O–H groups in total. The first-order chi connectivity index (χ1) is 16.9. The smallest absolute Gasteiger partial charge is 0.243 e. The second-order valence-corrected chi connectivity index (χ2v) is 9.74. The van der Waals surface area contributed by atoms with Crippen molar-refractivity contribution in [3.8, 4) is 11.5 Å². The van der Waals surface area contributed by atoms with Gasteiger partial charge in [0.15, 0.2) is 11.5 Å². The van der Waals surface area contributed by atoms with Gasteiger partial charge in [-0.1, -0.05) is 6.07 Å². The molecule has 3 aromatic rings. The minimum Gasteiger partial charge on any atom is -0.467 e. The van der Waals surface area contributed by atoms with E-state index in [1.54, 1.807) is 24.3 Å². The number of carbonyl (C=O) groups excluding carboxylic acids is 1. The number of methoxy groups -OCH3 is 1. The first kappa shape index (κ1) is 24.7. The number of hydrogen-bond acceptors (Lipinski definition) is 7. The number of halogens is 1. The lowest BCUT2D eigenvalue weighted by Gasteiger charge is -2.27. The van der Waals surface area contributed by atoms with Gasteiger partial charge in [0.05, 0.1) is 30.9 Å². The third-order valence-electron chi connectivity index (χ3n) is 5.40. The lowest BCUT2D eigenvalue weighted by atomic mass is 10.2. The van der Waals surface area contributed by atoms with Crippen LogP contribution >= 0.6 is 0 Å². The number of sulfonamides is 1. The SMILES string of the molecule is COCCN(CC(=O)N(Cc1ccc2c(c1)OCO2)Cc1ccco1)S(=O)(=O)c1ccc(F)cc1. The topological polar surface area (TPSA) is 98.5 Å². The van der Waals surface area contributed by atoms with Gasteiger partial charge >= 0.3 is 0 Å². The van der Waals surface area contributed by atoms with Crippen molar-refractivity contribution >= 4 is 15.9 Å². The highest BCUT2D eigenvalue weighted by atomic mass is 32.2. The molecule has 1 amide bonds. The Labute approximate surface area is 202 Å². The van der Waals surface area contributed by atoms with Gasteiger partial charge in [0, 0.05) is 20.2 Å². The summed E-state index contributed by atoms with van der Waals surface area (Å²) in [6.45, 7) is 0.0341. The van der Waals surface area contributed by atoms with E-state index in [1.165, 1.54) is 30.4 Å². The van der Waals surface area contributed by atoms with Crippen LogP contribution in [0.3, 0.4) is 0 Å². The van der Waals surface area contributed by atoms with Crippen LogP contribution in [0.25, 0.3) is 0 Å². The predicted octanol–water partition coefficient (Wildman–Crippen LogP) is 3.01. The third kappa shape index (κ3) is 5.99. The standard InChI is InChI=1S/C24H25FN2O7S/c1-31-12-10-27(35(29,30)21-7-5-19(25)6-8-21)16-24(28)26(15-20-3-2-11-32-20)14-18-4-9-22-23(13-18)34-17-33-22/h2-9,11,13H,10,12,14-17H2,1H3. The van der Waals surface area contributed by atoms with Crippen LogP contribution in [0.4, 0.5) is 4.39 Å². The summed E-state index contributed by atoms with van der Waals surface area (Å²) in [4.78, 5) is 14.8. The molecule has 0 bridgehead atoms. The molecule has 35 heavy (non-hydrogen) atoms. The van der Waals surface area contributed by atoms with Crippen molar-refractivity contribution in [3.63, 3.8) is 0 Å². The highest BCUT2D eigenvalue weighted by Crippen LogP contribution is 2.33. The van der Waals surface area contributed by atoms with Crippen molar-refractivity contribution in [3.05, 3.63) is 78.0 Å². The van der Waals surface area contributed by atoms with Gasteiger partial charge in [0.25, 0.3) is 0 Å². The van der Waals surface area contributed by atoms with Crippen molar-refractivity contribution in [2.75, 3.05) is 33.6 Å². The van der Waals surface area contributed by atoms with Crippen LogP contribution in [0.5, 0.6) is 11.5 Å². The Morgan fingerprint density at radius 3 is 2.54 bits per heavy atom. The van der Waals surface area contributed by atoms with Gasteiger partial charge in [-0.3, -0.25) is 4.79 Å². The lowest BCUT2D eigenvalue weighted by molar-refractivity contribution is -0.133. The van der Waals surface area contributed by atoms with Gasteiger partial charge in [-0.2, -0.15) is 4.31 Å². The predicted molar refractivity (Wildman–Crippen MR) is 123 cm³/mol. The second kappa shape index (κ2) is 10.9. The van der Waals surface area contributed by atoms with Crippen LogP contribution in [-0.2, 0) is 32.6 Å². The van der Waals surface area contributed by atoms with Crippen LogP contribution in [0.15, 0.2) is 70.2 Å². The van der Waals surface area contributed by atoms with Crippen molar-refractivity contribution in [1.29, 1.82) is 0 Å². The zero-order chi connectivity index (χ0) is 24.8. The molecule has 11 heteroatoms. The minimum atomic E-state index is -4.08. The van der Waals surface area contributed by atoms with E-state index in [4.69, 9.17) is 18.6 Å². The fourth-order valence-corrected chi connectivity index (χ4v) is 4.94. The molecule has 2 heterocycles. The molecule has 0 aliphatic carbocycles. The monoisotopic (exact) mass is 504 g/mol. The van der Waals surface area contributed by atoms with E-state index >= 15 is 0 Å². The summed E-state index contributed by atoms with van der Waals surface area (Å²) >= 11 is 0. The number of furan rings is 1. The molecule has 0 fully saturated rings. The number of carbonyl (C=O) groups is 1. The van der Waals surface area contributed by atoms with Gasteiger partial charge in [0.2, 0.25) is 22.7 Å². The number of ether oxygens (including phenoxy) is 3. The van der Waals surface area contributed by atoms with Crippen molar-refractivity contribution < 1.29 is 36.2 Å². The van der Waals surface area contributed by atoms with Gasteiger partial charge < -0.3 is 23.5 Å². The van der Waals surface area contributed by atoms with Crippen LogP contribution < -0.4 is 9.47 Å². The number of rotatable bonds is 11. The quantitative estimate of drug-likeness (QED) is 0.396. The minimum absolute atomic E-state index is 0.0550. The number of nitrogens with zero attached hydrogens (tertiary/aromatic N) is 2. The Bertz CT molecular complexity index is 1250. The summed E-state index contributed by atoms with van der Waals surface area (Å²) in [5.74, 6) is 0.740. The molecular formula is C24H25FN2O7S. The van der Waals surface area contributed by atoms with Crippen molar-refractivity contribution in [1.82, 2.24) is 9.21 Å². The van der Waals surface area contributed by atoms with Gasteiger partial charge in [-0.05, 0) is 54.1 Å². The highest BCUT2D eigenvalue weighted by Gasteiger charge is 2.29. The molecule has 2 aromatic carbocycles. The molecule has 0 radical (unpaired) electrons. The largest absolute Gasteiger partial charge is 0.467 e. The molecule has 0 saturated heterocycles. The molecule has 0 spiro atoms. The van der Waals surface area contributed by atoms with E-state index in [2.05, 4.69) is 0 Å². The Balaban J connectivity index is 1.57. The third-order valence-corrected chi connectivity index (χ3v) is 7.26. The summed E-state index contributed by atoms with van der Waals surface area (Å²) in [6, 6.07) is 13.3. The van der Waals surface area contributed by atoms with E-state index in [0.717, 1.165) is 22.0 Å². The highest BCUT2D eigenvalue weighted by molar-refractivity contribution is 7.89. The Morgan fingerprint density at radius 2 is 1.83 bits per heavy atom. The van der Waals surface area contributed by atoms with Crippen molar-refractivity contribution in [2.45, 2.75) is 18.0 Å². The molecular weight excluding hydrogens is 479 g/mol. The second-order valence-electron chi connectivity index (χ2n) is 7.80. The number of benzene rings is 2. The molecule has 1 aliphatic rings. The fourth-order valence-electron chi connectivity index (χ4n) is 3.57. The molecule has 0 saturated carbocycles. The zero-order valence-corrected chi connectivity index (χ0v) is 19.9.